The van der Waals surface area contributed by atoms with E-state index in [1.54, 1.807) is 23.1 Å². The van der Waals surface area contributed by atoms with Gasteiger partial charge in [-0.2, -0.15) is 0 Å². The molecule has 0 spiro atoms. The van der Waals surface area contributed by atoms with Crippen molar-refractivity contribution in [3.05, 3.63) is 53.6 Å². The van der Waals surface area contributed by atoms with Crippen molar-refractivity contribution in [3.8, 4) is 17.2 Å². The lowest BCUT2D eigenvalue weighted by Crippen LogP contribution is -2.31. The van der Waals surface area contributed by atoms with E-state index in [9.17, 15) is 18.0 Å². The van der Waals surface area contributed by atoms with Crippen molar-refractivity contribution in [1.82, 2.24) is 4.90 Å². The number of benzene rings is 2. The van der Waals surface area contributed by atoms with Gasteiger partial charge in [0.1, 0.15) is 23.4 Å². The van der Waals surface area contributed by atoms with E-state index < -0.39 is 12.5 Å². The highest BCUT2D eigenvalue weighted by Gasteiger charge is 2.42. The molecule has 0 aliphatic carbocycles. The molecule has 0 aromatic heterocycles. The average molecular weight is 425 g/mol. The Labute approximate surface area is 172 Å². The SMILES string of the molecule is COc1cccc(OC)c1[C@H]1C[C@H](OC)C(=O)N1Cc1ccc(OC(F)(F)F)cc1. The van der Waals surface area contributed by atoms with Gasteiger partial charge in [-0.3, -0.25) is 4.79 Å². The molecule has 162 valence electrons. The van der Waals surface area contributed by atoms with E-state index in [0.29, 0.717) is 29.0 Å². The zero-order valence-electron chi connectivity index (χ0n) is 16.7. The maximum absolute atomic E-state index is 12.9. The molecule has 6 nitrogen and oxygen atoms in total. The summed E-state index contributed by atoms with van der Waals surface area (Å²) in [5.41, 5.74) is 1.36. The standard InChI is InChI=1S/C21H22F3NO5/c1-27-16-5-4-6-17(28-2)19(16)15-11-18(29-3)20(26)25(15)12-13-7-9-14(10-8-13)30-21(22,23)24/h4-10,15,18H,11-12H2,1-3H3/t15-,18+/m1/s1. The summed E-state index contributed by atoms with van der Waals surface area (Å²) in [6, 6.07) is 10.4. The van der Waals surface area contributed by atoms with Crippen LogP contribution in [0.15, 0.2) is 42.5 Å². The van der Waals surface area contributed by atoms with Crippen LogP contribution in [0.1, 0.15) is 23.6 Å². The quantitative estimate of drug-likeness (QED) is 0.669. The lowest BCUT2D eigenvalue weighted by molar-refractivity contribution is -0.274. The number of amides is 1. The number of rotatable bonds is 7. The highest BCUT2D eigenvalue weighted by Crippen LogP contribution is 2.44. The van der Waals surface area contributed by atoms with E-state index in [4.69, 9.17) is 14.2 Å². The molecule has 9 heteroatoms. The Morgan fingerprint density at radius 2 is 1.60 bits per heavy atom. The summed E-state index contributed by atoms with van der Waals surface area (Å²) in [7, 11) is 4.53. The number of methoxy groups -OCH3 is 3. The fourth-order valence-corrected chi connectivity index (χ4v) is 3.63. The Balaban J connectivity index is 1.91. The van der Waals surface area contributed by atoms with Crippen molar-refractivity contribution < 1.29 is 36.9 Å². The van der Waals surface area contributed by atoms with Gasteiger partial charge in [0.25, 0.3) is 5.91 Å². The molecule has 0 unspecified atom stereocenters. The van der Waals surface area contributed by atoms with Crippen molar-refractivity contribution in [2.24, 2.45) is 0 Å². The smallest absolute Gasteiger partial charge is 0.496 e. The molecule has 2 aromatic carbocycles. The number of ether oxygens (including phenoxy) is 4. The van der Waals surface area contributed by atoms with Crippen molar-refractivity contribution in [1.29, 1.82) is 0 Å². The Bertz CT molecular complexity index is 863. The van der Waals surface area contributed by atoms with Crippen LogP contribution in [0.4, 0.5) is 13.2 Å². The van der Waals surface area contributed by atoms with Crippen LogP contribution >= 0.6 is 0 Å². The third-order valence-electron chi connectivity index (χ3n) is 4.97. The third-order valence-corrected chi connectivity index (χ3v) is 4.97. The summed E-state index contributed by atoms with van der Waals surface area (Å²) in [6.45, 7) is 0.177. The Kier molecular flexibility index (Phi) is 6.40. The molecule has 1 fully saturated rings. The summed E-state index contributed by atoms with van der Waals surface area (Å²) >= 11 is 0. The van der Waals surface area contributed by atoms with Gasteiger partial charge in [-0.05, 0) is 29.8 Å². The van der Waals surface area contributed by atoms with Crippen molar-refractivity contribution in [2.45, 2.75) is 31.5 Å². The summed E-state index contributed by atoms with van der Waals surface area (Å²) in [6.07, 6.45) is -5.01. The minimum atomic E-state index is -4.76. The van der Waals surface area contributed by atoms with Crippen LogP contribution in [0.2, 0.25) is 0 Å². The van der Waals surface area contributed by atoms with Crippen molar-refractivity contribution in [3.63, 3.8) is 0 Å². The molecule has 1 aliphatic heterocycles. The first-order valence-corrected chi connectivity index (χ1v) is 9.16. The Morgan fingerprint density at radius 3 is 2.10 bits per heavy atom. The number of carbonyl (C=O) groups excluding carboxylic acids is 1. The van der Waals surface area contributed by atoms with Gasteiger partial charge in [-0.1, -0.05) is 18.2 Å². The molecule has 1 saturated heterocycles. The minimum Gasteiger partial charge on any atom is -0.496 e. The van der Waals surface area contributed by atoms with Gasteiger partial charge in [-0.15, -0.1) is 13.2 Å². The van der Waals surface area contributed by atoms with E-state index in [-0.39, 0.29) is 24.2 Å². The Morgan fingerprint density at radius 1 is 1.00 bits per heavy atom. The van der Waals surface area contributed by atoms with Crippen molar-refractivity contribution in [2.75, 3.05) is 21.3 Å². The van der Waals surface area contributed by atoms with Gasteiger partial charge < -0.3 is 23.8 Å². The predicted molar refractivity (Wildman–Crippen MR) is 101 cm³/mol. The molecule has 2 atom stereocenters. The molecule has 0 saturated carbocycles. The van der Waals surface area contributed by atoms with E-state index >= 15 is 0 Å². The summed E-state index contributed by atoms with van der Waals surface area (Å²) < 4.78 is 57.3. The maximum atomic E-state index is 12.9. The molecule has 1 amide bonds. The largest absolute Gasteiger partial charge is 0.573 e. The van der Waals surface area contributed by atoms with Crippen LogP contribution in [-0.4, -0.2) is 44.6 Å². The van der Waals surface area contributed by atoms with Crippen LogP contribution in [0.25, 0.3) is 0 Å². The first kappa shape index (κ1) is 21.8. The molecule has 0 radical (unpaired) electrons. The molecule has 1 aliphatic rings. The second-order valence-electron chi connectivity index (χ2n) is 6.71. The van der Waals surface area contributed by atoms with E-state index in [1.165, 1.54) is 45.6 Å². The molecular weight excluding hydrogens is 403 g/mol. The van der Waals surface area contributed by atoms with Gasteiger partial charge in [0.15, 0.2) is 0 Å². The number of hydrogen-bond acceptors (Lipinski definition) is 5. The topological polar surface area (TPSA) is 57.2 Å². The molecule has 30 heavy (non-hydrogen) atoms. The van der Waals surface area contributed by atoms with Gasteiger partial charge in [0.2, 0.25) is 0 Å². The number of alkyl halides is 3. The van der Waals surface area contributed by atoms with Crippen LogP contribution in [0, 0.1) is 0 Å². The number of carbonyl (C=O) groups is 1. The maximum Gasteiger partial charge on any atom is 0.573 e. The van der Waals surface area contributed by atoms with E-state index in [2.05, 4.69) is 4.74 Å². The lowest BCUT2D eigenvalue weighted by Gasteiger charge is -2.27. The molecule has 0 N–H and O–H groups in total. The third kappa shape index (κ3) is 4.62. The van der Waals surface area contributed by atoms with Crippen LogP contribution in [-0.2, 0) is 16.1 Å². The fraction of sp³-hybridized carbons (Fsp3) is 0.381. The summed E-state index contributed by atoms with van der Waals surface area (Å²) in [4.78, 5) is 14.5. The highest BCUT2D eigenvalue weighted by molar-refractivity contribution is 5.84. The first-order valence-electron chi connectivity index (χ1n) is 9.16. The average Bonchev–Trinajstić information content (AvgIpc) is 3.02. The van der Waals surface area contributed by atoms with Gasteiger partial charge in [-0.25, -0.2) is 0 Å². The monoisotopic (exact) mass is 425 g/mol. The predicted octanol–water partition coefficient (Wildman–Crippen LogP) is 4.09. The van der Waals surface area contributed by atoms with Gasteiger partial charge in [0.05, 0.1) is 25.8 Å². The zero-order valence-corrected chi connectivity index (χ0v) is 16.7. The molecule has 3 rings (SSSR count). The highest BCUT2D eigenvalue weighted by atomic mass is 19.4. The van der Waals surface area contributed by atoms with E-state index in [1.807, 2.05) is 0 Å². The van der Waals surface area contributed by atoms with Crippen molar-refractivity contribution >= 4 is 5.91 Å². The van der Waals surface area contributed by atoms with Gasteiger partial charge in [0, 0.05) is 20.1 Å². The second-order valence-corrected chi connectivity index (χ2v) is 6.71. The lowest BCUT2D eigenvalue weighted by atomic mass is 10.0. The van der Waals surface area contributed by atoms with Gasteiger partial charge >= 0.3 is 6.36 Å². The number of nitrogens with zero attached hydrogens (tertiary/aromatic N) is 1. The summed E-state index contributed by atoms with van der Waals surface area (Å²) in [5.74, 6) is 0.605. The van der Waals surface area contributed by atoms with Crippen LogP contribution < -0.4 is 14.2 Å². The van der Waals surface area contributed by atoms with Crippen LogP contribution in [0.3, 0.4) is 0 Å². The minimum absolute atomic E-state index is 0.177. The van der Waals surface area contributed by atoms with E-state index in [0.717, 1.165) is 0 Å². The molecular formula is C21H22F3NO5. The first-order chi connectivity index (χ1) is 14.3. The number of hydrogen-bond donors (Lipinski definition) is 0. The number of halogens is 3. The molecule has 1 heterocycles. The number of likely N-dealkylation sites (tertiary alicyclic amines) is 1. The molecule has 2 aromatic rings. The zero-order chi connectivity index (χ0) is 21.9. The normalized spacial score (nSPS) is 19.1. The molecule has 0 bridgehead atoms. The van der Waals surface area contributed by atoms with Crippen LogP contribution in [0.5, 0.6) is 17.2 Å². The fourth-order valence-electron chi connectivity index (χ4n) is 3.63. The second kappa shape index (κ2) is 8.83. The Hall–Kier alpha value is -2.94. The summed E-state index contributed by atoms with van der Waals surface area (Å²) in [5, 5.41) is 0.